The third-order valence-corrected chi connectivity index (χ3v) is 5.92. The van der Waals surface area contributed by atoms with E-state index in [1.54, 1.807) is 16.4 Å². The average Bonchev–Trinajstić information content (AvgIpc) is 3.01. The van der Waals surface area contributed by atoms with E-state index in [9.17, 15) is 8.42 Å². The zero-order valence-corrected chi connectivity index (χ0v) is 11.2. The average molecular weight is 277 g/mol. The second-order valence-corrected chi connectivity index (χ2v) is 6.92. The Labute approximate surface area is 112 Å². The minimum absolute atomic E-state index is 0.0839. The molecule has 6 heteroatoms. The highest BCUT2D eigenvalue weighted by Gasteiger charge is 2.43. The van der Waals surface area contributed by atoms with Gasteiger partial charge in [-0.25, -0.2) is 8.42 Å². The zero-order valence-electron chi connectivity index (χ0n) is 10.4. The lowest BCUT2D eigenvalue weighted by Crippen LogP contribution is -2.38. The van der Waals surface area contributed by atoms with Gasteiger partial charge in [-0.1, -0.05) is 0 Å². The number of rotatable bonds is 2. The van der Waals surface area contributed by atoms with Crippen molar-refractivity contribution in [3.05, 3.63) is 29.8 Å². The molecule has 2 aliphatic heterocycles. The molecule has 1 aromatic rings. The first kappa shape index (κ1) is 12.6. The van der Waals surface area contributed by atoms with Gasteiger partial charge in [-0.3, -0.25) is 0 Å². The van der Waals surface area contributed by atoms with Crippen molar-refractivity contribution in [1.82, 2.24) is 9.62 Å². The van der Waals surface area contributed by atoms with Gasteiger partial charge in [-0.15, -0.1) is 0 Å². The van der Waals surface area contributed by atoms with Crippen molar-refractivity contribution in [2.75, 3.05) is 19.6 Å². The van der Waals surface area contributed by atoms with Crippen molar-refractivity contribution in [3.63, 3.8) is 0 Å². The number of nitriles is 1. The molecule has 0 aliphatic carbocycles. The molecule has 1 aromatic carbocycles. The highest BCUT2D eigenvalue weighted by Crippen LogP contribution is 2.32. The number of hydrogen-bond donors (Lipinski definition) is 1. The van der Waals surface area contributed by atoms with Crippen molar-refractivity contribution < 1.29 is 8.42 Å². The fourth-order valence-corrected chi connectivity index (χ4v) is 4.64. The van der Waals surface area contributed by atoms with Crippen LogP contribution in [0.4, 0.5) is 0 Å². The van der Waals surface area contributed by atoms with E-state index >= 15 is 0 Å². The lowest BCUT2D eigenvalue weighted by molar-refractivity contribution is 0.383. The predicted octanol–water partition coefficient (Wildman–Crippen LogP) is 0.541. The molecule has 100 valence electrons. The summed E-state index contributed by atoms with van der Waals surface area (Å²) < 4.78 is 26.8. The fraction of sp³-hybridized carbons (Fsp3) is 0.462. The Balaban J connectivity index is 1.92. The van der Waals surface area contributed by atoms with Crippen LogP contribution in [0, 0.1) is 17.2 Å². The first-order chi connectivity index (χ1) is 9.13. The van der Waals surface area contributed by atoms with Crippen molar-refractivity contribution in [3.8, 4) is 6.07 Å². The summed E-state index contributed by atoms with van der Waals surface area (Å²) in [6.07, 6.45) is 0.924. The molecule has 0 amide bonds. The van der Waals surface area contributed by atoms with Crippen molar-refractivity contribution >= 4 is 10.0 Å². The highest BCUT2D eigenvalue weighted by atomic mass is 32.2. The van der Waals surface area contributed by atoms with Gasteiger partial charge in [0.15, 0.2) is 0 Å². The monoisotopic (exact) mass is 277 g/mol. The van der Waals surface area contributed by atoms with E-state index in [4.69, 9.17) is 5.26 Å². The lowest BCUT2D eigenvalue weighted by Gasteiger charge is -2.22. The van der Waals surface area contributed by atoms with Crippen LogP contribution in [-0.2, 0) is 10.0 Å². The Hall–Kier alpha value is -1.42. The molecular formula is C13H15N3O2S. The zero-order chi connectivity index (χ0) is 13.5. The van der Waals surface area contributed by atoms with Gasteiger partial charge in [-0.05, 0) is 43.1 Å². The Morgan fingerprint density at radius 1 is 1.26 bits per heavy atom. The molecule has 2 saturated heterocycles. The van der Waals surface area contributed by atoms with Crippen LogP contribution in [0.3, 0.4) is 0 Å². The molecule has 5 nitrogen and oxygen atoms in total. The van der Waals surface area contributed by atoms with E-state index in [1.807, 2.05) is 6.07 Å². The lowest BCUT2D eigenvalue weighted by atomic mass is 10.1. The smallest absolute Gasteiger partial charge is 0.243 e. The second-order valence-electron chi connectivity index (χ2n) is 5.03. The number of nitrogens with one attached hydrogen (secondary N) is 1. The first-order valence-electron chi connectivity index (χ1n) is 6.35. The summed E-state index contributed by atoms with van der Waals surface area (Å²) >= 11 is 0. The SMILES string of the molecule is N#Cc1ccc(S(=O)(=O)N2CC[C@H]3CNC[C@H]32)cc1. The van der Waals surface area contributed by atoms with Gasteiger partial charge in [0.2, 0.25) is 10.0 Å². The van der Waals surface area contributed by atoms with E-state index in [2.05, 4.69) is 5.32 Å². The number of nitrogens with zero attached hydrogens (tertiary/aromatic N) is 2. The Kier molecular flexibility index (Phi) is 3.05. The normalized spacial score (nSPS) is 27.1. The van der Waals surface area contributed by atoms with Gasteiger partial charge in [0.1, 0.15) is 0 Å². The number of hydrogen-bond acceptors (Lipinski definition) is 4. The molecule has 3 rings (SSSR count). The minimum atomic E-state index is -3.43. The summed E-state index contributed by atoms with van der Waals surface area (Å²) in [5, 5.41) is 12.0. The maximum atomic E-state index is 12.6. The molecule has 0 spiro atoms. The Morgan fingerprint density at radius 2 is 2.00 bits per heavy atom. The van der Waals surface area contributed by atoms with Crippen LogP contribution in [0.2, 0.25) is 0 Å². The van der Waals surface area contributed by atoms with E-state index in [-0.39, 0.29) is 10.9 Å². The third-order valence-electron chi connectivity index (χ3n) is 3.98. The molecule has 2 atom stereocenters. The van der Waals surface area contributed by atoms with Crippen LogP contribution in [0.25, 0.3) is 0 Å². The van der Waals surface area contributed by atoms with E-state index in [0.717, 1.165) is 19.5 Å². The van der Waals surface area contributed by atoms with Crippen molar-refractivity contribution in [1.29, 1.82) is 5.26 Å². The van der Waals surface area contributed by atoms with E-state index in [0.29, 0.717) is 18.0 Å². The fourth-order valence-electron chi connectivity index (χ4n) is 2.94. The molecule has 19 heavy (non-hydrogen) atoms. The van der Waals surface area contributed by atoms with Crippen LogP contribution in [0.5, 0.6) is 0 Å². The van der Waals surface area contributed by atoms with Crippen molar-refractivity contribution in [2.45, 2.75) is 17.4 Å². The molecule has 2 fully saturated rings. The number of sulfonamides is 1. The van der Waals surface area contributed by atoms with Gasteiger partial charge >= 0.3 is 0 Å². The molecule has 2 aliphatic rings. The maximum Gasteiger partial charge on any atom is 0.243 e. The molecule has 1 N–H and O–H groups in total. The van der Waals surface area contributed by atoms with Gasteiger partial charge in [-0.2, -0.15) is 9.57 Å². The van der Waals surface area contributed by atoms with Crippen LogP contribution < -0.4 is 5.32 Å². The van der Waals surface area contributed by atoms with Gasteiger partial charge in [0.05, 0.1) is 16.5 Å². The largest absolute Gasteiger partial charge is 0.315 e. The topological polar surface area (TPSA) is 73.2 Å². The number of fused-ring (bicyclic) bond motifs is 1. The maximum absolute atomic E-state index is 12.6. The van der Waals surface area contributed by atoms with Gasteiger partial charge in [0, 0.05) is 19.1 Å². The third kappa shape index (κ3) is 2.04. The van der Waals surface area contributed by atoms with Crippen LogP contribution in [0.1, 0.15) is 12.0 Å². The van der Waals surface area contributed by atoms with E-state index in [1.165, 1.54) is 12.1 Å². The summed E-state index contributed by atoms with van der Waals surface area (Å²) in [4.78, 5) is 0.277. The summed E-state index contributed by atoms with van der Waals surface area (Å²) in [7, 11) is -3.43. The van der Waals surface area contributed by atoms with Crippen LogP contribution in [-0.4, -0.2) is 38.4 Å². The molecule has 0 saturated carbocycles. The molecular weight excluding hydrogens is 262 g/mol. The molecule has 0 aromatic heterocycles. The minimum Gasteiger partial charge on any atom is -0.315 e. The Morgan fingerprint density at radius 3 is 2.68 bits per heavy atom. The molecule has 2 heterocycles. The summed E-state index contributed by atoms with van der Waals surface area (Å²) in [6, 6.07) is 8.21. The standard InChI is InChI=1S/C13H15N3O2S/c14-7-10-1-3-12(4-2-10)19(17,18)16-6-5-11-8-15-9-13(11)16/h1-4,11,13,15H,5-6,8-9H2/t11-,13+/m0/s1. The second kappa shape index (κ2) is 4.60. The number of benzene rings is 1. The highest BCUT2D eigenvalue weighted by molar-refractivity contribution is 7.89. The van der Waals surface area contributed by atoms with Crippen LogP contribution >= 0.6 is 0 Å². The van der Waals surface area contributed by atoms with Crippen molar-refractivity contribution in [2.24, 2.45) is 5.92 Å². The van der Waals surface area contributed by atoms with Gasteiger partial charge < -0.3 is 5.32 Å². The van der Waals surface area contributed by atoms with Gasteiger partial charge in [0.25, 0.3) is 0 Å². The predicted molar refractivity (Wildman–Crippen MR) is 69.8 cm³/mol. The first-order valence-corrected chi connectivity index (χ1v) is 7.79. The molecule has 0 radical (unpaired) electrons. The molecule has 0 unspecified atom stereocenters. The Bertz CT molecular complexity index is 618. The molecule has 0 bridgehead atoms. The summed E-state index contributed by atoms with van der Waals surface area (Å²) in [5.74, 6) is 0.438. The van der Waals surface area contributed by atoms with E-state index < -0.39 is 10.0 Å². The van der Waals surface area contributed by atoms with Crippen LogP contribution in [0.15, 0.2) is 29.2 Å². The summed E-state index contributed by atoms with van der Waals surface area (Å²) in [6.45, 7) is 2.24. The quantitative estimate of drug-likeness (QED) is 0.856. The summed E-state index contributed by atoms with van der Waals surface area (Å²) in [5.41, 5.74) is 0.473.